The summed E-state index contributed by atoms with van der Waals surface area (Å²) >= 11 is 0. The van der Waals surface area contributed by atoms with Crippen molar-refractivity contribution >= 4 is 0 Å². The first-order valence-electron chi connectivity index (χ1n) is 9.45. The first-order valence-corrected chi connectivity index (χ1v) is 9.45. The van der Waals surface area contributed by atoms with Crippen LogP contribution in [0.5, 0.6) is 5.75 Å². The average molecular weight is 436 g/mol. The van der Waals surface area contributed by atoms with E-state index in [2.05, 4.69) is 4.74 Å². The number of halogens is 7. The van der Waals surface area contributed by atoms with Crippen LogP contribution in [0, 0.1) is 29.1 Å². The van der Waals surface area contributed by atoms with Crippen LogP contribution in [0.1, 0.15) is 49.7 Å². The lowest BCUT2D eigenvalue weighted by atomic mass is 9.82. The van der Waals surface area contributed by atoms with E-state index in [4.69, 9.17) is 4.74 Å². The fraction of sp³-hybridized carbons (Fsp3) is 0.429. The third kappa shape index (κ3) is 4.55. The van der Waals surface area contributed by atoms with Crippen LogP contribution in [-0.2, 0) is 10.8 Å². The molecule has 1 aliphatic carbocycles. The van der Waals surface area contributed by atoms with Crippen LogP contribution in [0.25, 0.3) is 0 Å². The predicted octanol–water partition coefficient (Wildman–Crippen LogP) is 6.57. The Labute approximate surface area is 168 Å². The molecule has 1 fully saturated rings. The van der Waals surface area contributed by atoms with Crippen LogP contribution in [0.15, 0.2) is 24.3 Å². The van der Waals surface area contributed by atoms with Gasteiger partial charge in [-0.15, -0.1) is 0 Å². The molecule has 0 heterocycles. The highest BCUT2D eigenvalue weighted by atomic mass is 19.3. The first kappa shape index (κ1) is 22.4. The molecule has 0 radical (unpaired) electrons. The number of benzene rings is 2. The minimum absolute atomic E-state index is 0.0270. The van der Waals surface area contributed by atoms with Gasteiger partial charge in [0, 0.05) is 18.7 Å². The van der Waals surface area contributed by atoms with Crippen molar-refractivity contribution in [2.45, 2.75) is 50.7 Å². The Kier molecular flexibility index (Phi) is 6.59. The van der Waals surface area contributed by atoms with E-state index in [0.29, 0.717) is 38.4 Å². The zero-order valence-corrected chi connectivity index (χ0v) is 16.0. The summed E-state index contributed by atoms with van der Waals surface area (Å²) in [5.41, 5.74) is -1.46. The fourth-order valence-corrected chi connectivity index (χ4v) is 3.67. The molecular weight excluding hydrogens is 417 g/mol. The van der Waals surface area contributed by atoms with Crippen molar-refractivity contribution in [1.29, 1.82) is 0 Å². The molecule has 2 aromatic rings. The molecule has 164 valence electrons. The molecular formula is C21H19F7O2. The van der Waals surface area contributed by atoms with Gasteiger partial charge in [0.05, 0.1) is 6.10 Å². The normalized spacial score (nSPS) is 19.7. The van der Waals surface area contributed by atoms with Gasteiger partial charge in [0.2, 0.25) is 0 Å². The zero-order chi connectivity index (χ0) is 22.1. The van der Waals surface area contributed by atoms with Gasteiger partial charge in [-0.25, -0.2) is 22.0 Å². The molecule has 30 heavy (non-hydrogen) atoms. The molecule has 0 unspecified atom stereocenters. The van der Waals surface area contributed by atoms with Crippen LogP contribution in [-0.4, -0.2) is 12.7 Å². The van der Waals surface area contributed by atoms with Crippen molar-refractivity contribution in [1.82, 2.24) is 0 Å². The van der Waals surface area contributed by atoms with Crippen LogP contribution in [0.2, 0.25) is 0 Å². The maximum Gasteiger partial charge on any atom is 0.429 e. The summed E-state index contributed by atoms with van der Waals surface area (Å²) in [5.74, 6) is -10.0. The Bertz CT molecular complexity index is 885. The molecule has 1 saturated carbocycles. The Morgan fingerprint density at radius 1 is 0.867 bits per heavy atom. The van der Waals surface area contributed by atoms with Crippen LogP contribution in [0.3, 0.4) is 0 Å². The van der Waals surface area contributed by atoms with E-state index < -0.39 is 46.5 Å². The number of hydrogen-bond acceptors (Lipinski definition) is 2. The molecule has 0 aliphatic heterocycles. The Morgan fingerprint density at radius 2 is 1.47 bits per heavy atom. The van der Waals surface area contributed by atoms with E-state index in [9.17, 15) is 30.7 Å². The Morgan fingerprint density at radius 3 is 2.03 bits per heavy atom. The second-order valence-corrected chi connectivity index (χ2v) is 7.08. The summed E-state index contributed by atoms with van der Waals surface area (Å²) < 4.78 is 107. The van der Waals surface area contributed by atoms with Crippen molar-refractivity contribution in [2.75, 3.05) is 6.61 Å². The molecule has 0 bridgehead atoms. The standard InChI is InChI=1S/C21H19F7O2/c1-2-29-12-5-3-11(4-6-12)14-7-8-15(19(25)18(14)24)21(27,28)30-13-9-16(22)20(26)17(23)10-13/h7-12H,2-6H2,1H3. The SMILES string of the molecule is CCOC1CCC(c2ccc(C(F)(F)Oc3cc(F)c(F)c(F)c3)c(F)c2F)CC1. The smallest absolute Gasteiger partial charge is 0.429 e. The highest BCUT2D eigenvalue weighted by Crippen LogP contribution is 2.40. The largest absolute Gasteiger partial charge is 0.429 e. The molecule has 9 heteroatoms. The summed E-state index contributed by atoms with van der Waals surface area (Å²) in [7, 11) is 0. The van der Waals surface area contributed by atoms with Crippen molar-refractivity contribution < 1.29 is 40.2 Å². The highest BCUT2D eigenvalue weighted by Gasteiger charge is 2.40. The van der Waals surface area contributed by atoms with E-state index >= 15 is 0 Å². The Hall–Kier alpha value is -2.29. The van der Waals surface area contributed by atoms with Gasteiger partial charge in [-0.05, 0) is 50.2 Å². The van der Waals surface area contributed by atoms with Crippen molar-refractivity contribution in [3.63, 3.8) is 0 Å². The van der Waals surface area contributed by atoms with Crippen molar-refractivity contribution in [2.24, 2.45) is 0 Å². The van der Waals surface area contributed by atoms with Gasteiger partial charge in [-0.2, -0.15) is 8.78 Å². The molecule has 3 rings (SSSR count). The van der Waals surface area contributed by atoms with E-state index in [1.807, 2.05) is 6.92 Å². The van der Waals surface area contributed by atoms with Gasteiger partial charge in [-0.1, -0.05) is 6.07 Å². The maximum absolute atomic E-state index is 14.6. The zero-order valence-electron chi connectivity index (χ0n) is 16.0. The molecule has 0 saturated heterocycles. The van der Waals surface area contributed by atoms with Gasteiger partial charge in [0.1, 0.15) is 11.3 Å². The topological polar surface area (TPSA) is 18.5 Å². The number of rotatable bonds is 6. The lowest BCUT2D eigenvalue weighted by molar-refractivity contribution is -0.188. The predicted molar refractivity (Wildman–Crippen MR) is 93.8 cm³/mol. The van der Waals surface area contributed by atoms with E-state index in [0.717, 1.165) is 6.07 Å². The minimum atomic E-state index is -4.45. The van der Waals surface area contributed by atoms with Crippen LogP contribution in [0.4, 0.5) is 30.7 Å². The highest BCUT2D eigenvalue weighted by molar-refractivity contribution is 5.33. The second kappa shape index (κ2) is 8.83. The third-order valence-corrected chi connectivity index (χ3v) is 5.15. The second-order valence-electron chi connectivity index (χ2n) is 7.08. The third-order valence-electron chi connectivity index (χ3n) is 5.15. The van der Waals surface area contributed by atoms with Gasteiger partial charge in [0.15, 0.2) is 29.1 Å². The molecule has 0 atom stereocenters. The minimum Gasteiger partial charge on any atom is -0.429 e. The molecule has 0 spiro atoms. The maximum atomic E-state index is 14.6. The summed E-state index contributed by atoms with van der Waals surface area (Å²) in [6.07, 6.45) is -2.10. The number of ether oxygens (including phenoxy) is 2. The van der Waals surface area contributed by atoms with E-state index in [1.54, 1.807) is 0 Å². The van der Waals surface area contributed by atoms with Gasteiger partial charge in [0.25, 0.3) is 0 Å². The van der Waals surface area contributed by atoms with Crippen LogP contribution < -0.4 is 4.74 Å². The number of hydrogen-bond donors (Lipinski definition) is 0. The van der Waals surface area contributed by atoms with E-state index in [1.165, 1.54) is 0 Å². The van der Waals surface area contributed by atoms with Crippen molar-refractivity contribution in [3.05, 3.63) is 64.5 Å². The van der Waals surface area contributed by atoms with Crippen LogP contribution >= 0.6 is 0 Å². The lowest BCUT2D eigenvalue weighted by Gasteiger charge is -2.29. The molecule has 0 amide bonds. The lowest BCUT2D eigenvalue weighted by Crippen LogP contribution is -2.25. The summed E-state index contributed by atoms with van der Waals surface area (Å²) in [6, 6.07) is 2.11. The Balaban J connectivity index is 1.82. The summed E-state index contributed by atoms with van der Waals surface area (Å²) in [6.45, 7) is 2.40. The molecule has 1 aliphatic rings. The molecule has 0 aromatic heterocycles. The van der Waals surface area contributed by atoms with Gasteiger partial charge >= 0.3 is 6.11 Å². The van der Waals surface area contributed by atoms with Crippen molar-refractivity contribution in [3.8, 4) is 5.75 Å². The molecule has 0 N–H and O–H groups in total. The van der Waals surface area contributed by atoms with E-state index in [-0.39, 0.29) is 29.7 Å². The summed E-state index contributed by atoms with van der Waals surface area (Å²) in [4.78, 5) is 0. The van der Waals surface area contributed by atoms with Gasteiger partial charge in [-0.3, -0.25) is 0 Å². The summed E-state index contributed by atoms with van der Waals surface area (Å²) in [5, 5.41) is 0. The monoisotopic (exact) mass is 436 g/mol. The van der Waals surface area contributed by atoms with Gasteiger partial charge < -0.3 is 9.47 Å². The quantitative estimate of drug-likeness (QED) is 0.377. The average Bonchev–Trinajstić information content (AvgIpc) is 2.68. The molecule has 2 aromatic carbocycles. The fourth-order valence-electron chi connectivity index (χ4n) is 3.67. The first-order chi connectivity index (χ1) is 14.1. The number of alkyl halides is 2. The molecule has 2 nitrogen and oxygen atoms in total.